The van der Waals surface area contributed by atoms with Crippen LogP contribution in [0.5, 0.6) is 0 Å². The van der Waals surface area contributed by atoms with Gasteiger partial charge in [-0.15, -0.1) is 0 Å². The van der Waals surface area contributed by atoms with Crippen LogP contribution in [0.2, 0.25) is 0 Å². The fourth-order valence-electron chi connectivity index (χ4n) is 2.32. The normalized spacial score (nSPS) is 10.8. The molecule has 0 saturated heterocycles. The van der Waals surface area contributed by atoms with Crippen LogP contribution in [0.1, 0.15) is 21.7 Å². The maximum atomic E-state index is 13.8. The molecule has 0 saturated carbocycles. The fourth-order valence-corrected chi connectivity index (χ4v) is 2.32. The Morgan fingerprint density at radius 3 is 2.62 bits per heavy atom. The number of hydrogen-bond donors (Lipinski definition) is 1. The number of imidazole rings is 1. The third-order valence-electron chi connectivity index (χ3n) is 3.63. The van der Waals surface area contributed by atoms with Gasteiger partial charge in [-0.3, -0.25) is 4.79 Å². The monoisotopic (exact) mass is 331 g/mol. The standard InChI is InChI=1S/C16H15F2N5O/c1-10-8-23(15-12(17)4-3-5-13(15)18)21-14(10)16(24)20-7-11-6-19-9-22(11)2/h3-6,8-9H,7H2,1-2H3,(H,20,24). The molecule has 2 aromatic heterocycles. The molecule has 1 N–H and O–H groups in total. The van der Waals surface area contributed by atoms with E-state index in [0.29, 0.717) is 5.56 Å². The number of benzene rings is 1. The lowest BCUT2D eigenvalue weighted by atomic mass is 10.2. The highest BCUT2D eigenvalue weighted by molar-refractivity contribution is 5.93. The second kappa shape index (κ2) is 6.23. The molecule has 0 spiro atoms. The average molecular weight is 331 g/mol. The molecular formula is C16H15F2N5O. The second-order valence-electron chi connectivity index (χ2n) is 5.35. The van der Waals surface area contributed by atoms with Crippen LogP contribution in [0.3, 0.4) is 0 Å². The summed E-state index contributed by atoms with van der Waals surface area (Å²) in [7, 11) is 1.81. The average Bonchev–Trinajstić information content (AvgIpc) is 3.11. The smallest absolute Gasteiger partial charge is 0.272 e. The topological polar surface area (TPSA) is 64.7 Å². The van der Waals surface area contributed by atoms with E-state index in [9.17, 15) is 13.6 Å². The van der Waals surface area contributed by atoms with Crippen molar-refractivity contribution in [2.24, 2.45) is 7.05 Å². The van der Waals surface area contributed by atoms with E-state index in [1.807, 2.05) is 7.05 Å². The Morgan fingerprint density at radius 1 is 1.29 bits per heavy atom. The first-order chi connectivity index (χ1) is 11.5. The number of nitrogens with zero attached hydrogens (tertiary/aromatic N) is 4. The van der Waals surface area contributed by atoms with Crippen LogP contribution in [-0.2, 0) is 13.6 Å². The summed E-state index contributed by atoms with van der Waals surface area (Å²) in [6.45, 7) is 1.93. The Kier molecular flexibility index (Phi) is 4.11. The highest BCUT2D eigenvalue weighted by atomic mass is 19.1. The van der Waals surface area contributed by atoms with Gasteiger partial charge in [0.05, 0.1) is 18.6 Å². The molecule has 1 aromatic carbocycles. The van der Waals surface area contributed by atoms with Crippen LogP contribution in [0.4, 0.5) is 8.78 Å². The van der Waals surface area contributed by atoms with Gasteiger partial charge >= 0.3 is 0 Å². The van der Waals surface area contributed by atoms with Gasteiger partial charge in [-0.25, -0.2) is 18.4 Å². The zero-order valence-electron chi connectivity index (χ0n) is 13.1. The molecule has 0 aliphatic rings. The molecule has 0 fully saturated rings. The highest BCUT2D eigenvalue weighted by Crippen LogP contribution is 2.18. The Hall–Kier alpha value is -3.03. The summed E-state index contributed by atoms with van der Waals surface area (Å²) in [5.41, 5.74) is 1.13. The Morgan fingerprint density at radius 2 is 2.00 bits per heavy atom. The van der Waals surface area contributed by atoms with Gasteiger partial charge in [0, 0.05) is 25.0 Å². The van der Waals surface area contributed by atoms with Gasteiger partial charge in [0.25, 0.3) is 5.91 Å². The summed E-state index contributed by atoms with van der Waals surface area (Å²) < 4.78 is 30.5. The maximum Gasteiger partial charge on any atom is 0.272 e. The van der Waals surface area contributed by atoms with Crippen molar-refractivity contribution in [1.29, 1.82) is 0 Å². The molecule has 0 aliphatic heterocycles. The Bertz CT molecular complexity index is 880. The van der Waals surface area contributed by atoms with Crippen molar-refractivity contribution in [3.63, 3.8) is 0 Å². The van der Waals surface area contributed by atoms with Crippen LogP contribution < -0.4 is 5.32 Å². The molecule has 124 valence electrons. The van der Waals surface area contributed by atoms with Crippen LogP contribution in [-0.4, -0.2) is 25.2 Å². The number of aryl methyl sites for hydroxylation is 2. The molecule has 8 heteroatoms. The van der Waals surface area contributed by atoms with Crippen molar-refractivity contribution in [2.75, 3.05) is 0 Å². The lowest BCUT2D eigenvalue weighted by Gasteiger charge is -2.05. The first kappa shape index (κ1) is 15.9. The number of carbonyl (C=O) groups is 1. The van der Waals surface area contributed by atoms with Crippen molar-refractivity contribution in [1.82, 2.24) is 24.6 Å². The summed E-state index contributed by atoms with van der Waals surface area (Å²) in [4.78, 5) is 16.2. The number of nitrogens with one attached hydrogen (secondary N) is 1. The largest absolute Gasteiger partial charge is 0.345 e. The number of carbonyl (C=O) groups excluding carboxylic acids is 1. The van der Waals surface area contributed by atoms with Crippen molar-refractivity contribution >= 4 is 5.91 Å². The van der Waals surface area contributed by atoms with E-state index in [4.69, 9.17) is 0 Å². The Labute approximate surface area is 136 Å². The van der Waals surface area contributed by atoms with Gasteiger partial charge in [0.2, 0.25) is 0 Å². The summed E-state index contributed by atoms with van der Waals surface area (Å²) in [6.07, 6.45) is 4.68. The van der Waals surface area contributed by atoms with Crippen LogP contribution in [0.15, 0.2) is 36.9 Å². The second-order valence-corrected chi connectivity index (χ2v) is 5.35. The van der Waals surface area contributed by atoms with E-state index in [1.54, 1.807) is 24.0 Å². The zero-order valence-corrected chi connectivity index (χ0v) is 13.1. The van der Waals surface area contributed by atoms with Gasteiger partial charge in [0.15, 0.2) is 17.3 Å². The third-order valence-corrected chi connectivity index (χ3v) is 3.63. The summed E-state index contributed by atoms with van der Waals surface area (Å²) in [5, 5.41) is 6.74. The zero-order chi connectivity index (χ0) is 17.3. The third kappa shape index (κ3) is 2.90. The van der Waals surface area contributed by atoms with E-state index < -0.39 is 17.5 Å². The Balaban J connectivity index is 1.84. The van der Waals surface area contributed by atoms with Crippen LogP contribution in [0, 0.1) is 18.6 Å². The predicted molar refractivity (Wildman–Crippen MR) is 82.6 cm³/mol. The molecule has 0 atom stereocenters. The van der Waals surface area contributed by atoms with E-state index in [1.165, 1.54) is 12.3 Å². The first-order valence-electron chi connectivity index (χ1n) is 7.21. The predicted octanol–water partition coefficient (Wildman–Crippen LogP) is 2.12. The van der Waals surface area contributed by atoms with Crippen LogP contribution in [0.25, 0.3) is 5.69 Å². The molecule has 0 unspecified atom stereocenters. The van der Waals surface area contributed by atoms with Crippen molar-refractivity contribution in [3.8, 4) is 5.69 Å². The molecule has 2 heterocycles. The number of halogens is 2. The van der Waals surface area contributed by atoms with Gasteiger partial charge in [-0.2, -0.15) is 5.10 Å². The SMILES string of the molecule is Cc1cn(-c2c(F)cccc2F)nc1C(=O)NCc1cncn1C. The molecule has 0 bridgehead atoms. The minimum atomic E-state index is -0.751. The maximum absolute atomic E-state index is 13.8. The minimum absolute atomic E-state index is 0.111. The number of aromatic nitrogens is 4. The van der Waals surface area contributed by atoms with Gasteiger partial charge in [-0.1, -0.05) is 6.07 Å². The van der Waals surface area contributed by atoms with Gasteiger partial charge < -0.3 is 9.88 Å². The van der Waals surface area contributed by atoms with Gasteiger partial charge in [-0.05, 0) is 19.1 Å². The van der Waals surface area contributed by atoms with E-state index in [2.05, 4.69) is 15.4 Å². The fraction of sp³-hybridized carbons (Fsp3) is 0.188. The van der Waals surface area contributed by atoms with Crippen molar-refractivity contribution in [3.05, 3.63) is 65.5 Å². The van der Waals surface area contributed by atoms with Crippen molar-refractivity contribution < 1.29 is 13.6 Å². The molecule has 0 radical (unpaired) electrons. The molecule has 3 rings (SSSR count). The van der Waals surface area contributed by atoms with E-state index >= 15 is 0 Å². The minimum Gasteiger partial charge on any atom is -0.345 e. The summed E-state index contributed by atoms with van der Waals surface area (Å²) in [5.74, 6) is -1.93. The molecule has 24 heavy (non-hydrogen) atoms. The number of amides is 1. The number of rotatable bonds is 4. The first-order valence-corrected chi connectivity index (χ1v) is 7.21. The van der Waals surface area contributed by atoms with E-state index in [-0.39, 0.29) is 17.9 Å². The molecule has 0 aliphatic carbocycles. The lowest BCUT2D eigenvalue weighted by Crippen LogP contribution is -2.25. The molecule has 1 amide bonds. The van der Waals surface area contributed by atoms with Gasteiger partial charge in [0.1, 0.15) is 5.69 Å². The van der Waals surface area contributed by atoms with E-state index in [0.717, 1.165) is 22.5 Å². The van der Waals surface area contributed by atoms with Crippen LogP contribution >= 0.6 is 0 Å². The summed E-state index contributed by atoms with van der Waals surface area (Å²) in [6, 6.07) is 3.54. The quantitative estimate of drug-likeness (QED) is 0.796. The number of hydrogen-bond acceptors (Lipinski definition) is 3. The number of para-hydroxylation sites is 1. The molecular weight excluding hydrogens is 316 g/mol. The highest BCUT2D eigenvalue weighted by Gasteiger charge is 2.18. The lowest BCUT2D eigenvalue weighted by molar-refractivity contribution is 0.0944. The summed E-state index contributed by atoms with van der Waals surface area (Å²) >= 11 is 0. The molecule has 6 nitrogen and oxygen atoms in total. The molecule has 3 aromatic rings. The van der Waals surface area contributed by atoms with Crippen molar-refractivity contribution in [2.45, 2.75) is 13.5 Å².